The van der Waals surface area contributed by atoms with Gasteiger partial charge in [0.1, 0.15) is 0 Å². The van der Waals surface area contributed by atoms with Crippen LogP contribution in [0.4, 0.5) is 34.1 Å². The molecule has 0 aliphatic carbocycles. The summed E-state index contributed by atoms with van der Waals surface area (Å²) in [5.41, 5.74) is 9.81. The molecule has 3 nitrogen and oxygen atoms in total. The number of nitrogens with one attached hydrogen (secondary N) is 3. The second kappa shape index (κ2) is 12.3. The number of rotatable bonds is 12. The quantitative estimate of drug-likeness (QED) is 0.180. The summed E-state index contributed by atoms with van der Waals surface area (Å²) in [5, 5.41) is 10.6. The highest BCUT2D eigenvalue weighted by Crippen LogP contribution is 2.30. The molecule has 0 bridgehead atoms. The van der Waals surface area contributed by atoms with Gasteiger partial charge in [-0.15, -0.1) is 19.7 Å². The van der Waals surface area contributed by atoms with Crippen LogP contribution >= 0.6 is 0 Å². The fourth-order valence-corrected chi connectivity index (χ4v) is 4.02. The Labute approximate surface area is 214 Å². The molecule has 0 unspecified atom stereocenters. The van der Waals surface area contributed by atoms with Gasteiger partial charge in [0.05, 0.1) is 0 Å². The molecule has 3 heteroatoms. The standard InChI is InChI=1S/C33H33N3/c1-4-7-25-10-16-28(17-11-25)34-31-22-32(35-29-18-12-26(8-5-2)13-19-29)24-33(23-31)36-30-20-14-27(9-6-3)15-21-30/h4-6,10-24,34-36H,1-3,7-9H2. The van der Waals surface area contributed by atoms with Gasteiger partial charge in [-0.1, -0.05) is 54.6 Å². The Balaban J connectivity index is 1.59. The minimum absolute atomic E-state index is 0.866. The largest absolute Gasteiger partial charge is 0.355 e. The van der Waals surface area contributed by atoms with Crippen LogP contribution in [-0.4, -0.2) is 0 Å². The molecule has 0 spiro atoms. The molecule has 0 aliphatic heterocycles. The summed E-state index contributed by atoms with van der Waals surface area (Å²) in [4.78, 5) is 0. The van der Waals surface area contributed by atoms with Crippen LogP contribution in [0.2, 0.25) is 0 Å². The van der Waals surface area contributed by atoms with Crippen LogP contribution in [0, 0.1) is 0 Å². The fraction of sp³-hybridized carbons (Fsp3) is 0.0909. The predicted molar refractivity (Wildman–Crippen MR) is 157 cm³/mol. The van der Waals surface area contributed by atoms with E-state index in [4.69, 9.17) is 0 Å². The lowest BCUT2D eigenvalue weighted by Crippen LogP contribution is -1.98. The van der Waals surface area contributed by atoms with Gasteiger partial charge in [0.25, 0.3) is 0 Å². The molecule has 4 rings (SSSR count). The summed E-state index contributed by atoms with van der Waals surface area (Å²) in [6.45, 7) is 11.5. The van der Waals surface area contributed by atoms with E-state index < -0.39 is 0 Å². The van der Waals surface area contributed by atoms with Crippen LogP contribution in [-0.2, 0) is 19.3 Å². The van der Waals surface area contributed by atoms with E-state index >= 15 is 0 Å². The summed E-state index contributed by atoms with van der Waals surface area (Å²) in [7, 11) is 0. The maximum Gasteiger partial charge on any atom is 0.0425 e. The van der Waals surface area contributed by atoms with Crippen LogP contribution in [0.5, 0.6) is 0 Å². The van der Waals surface area contributed by atoms with E-state index in [9.17, 15) is 0 Å². The van der Waals surface area contributed by atoms with Crippen molar-refractivity contribution in [3.8, 4) is 0 Å². The molecule has 0 heterocycles. The number of hydrogen-bond donors (Lipinski definition) is 3. The van der Waals surface area contributed by atoms with Crippen LogP contribution in [0.1, 0.15) is 16.7 Å². The first-order chi connectivity index (χ1) is 17.6. The van der Waals surface area contributed by atoms with Gasteiger partial charge in [0.2, 0.25) is 0 Å². The lowest BCUT2D eigenvalue weighted by molar-refractivity contribution is 1.28. The Hall–Kier alpha value is -4.50. The highest BCUT2D eigenvalue weighted by atomic mass is 14.9. The van der Waals surface area contributed by atoms with Crippen molar-refractivity contribution in [1.29, 1.82) is 0 Å². The van der Waals surface area contributed by atoms with Gasteiger partial charge in [0, 0.05) is 34.1 Å². The summed E-state index contributed by atoms with van der Waals surface area (Å²) in [5.74, 6) is 0. The van der Waals surface area contributed by atoms with E-state index in [-0.39, 0.29) is 0 Å². The average molecular weight is 472 g/mol. The molecule has 0 saturated heterocycles. The third-order valence-corrected chi connectivity index (χ3v) is 5.80. The van der Waals surface area contributed by atoms with Gasteiger partial charge in [-0.2, -0.15) is 0 Å². The minimum Gasteiger partial charge on any atom is -0.355 e. The van der Waals surface area contributed by atoms with Gasteiger partial charge >= 0.3 is 0 Å². The normalized spacial score (nSPS) is 10.3. The van der Waals surface area contributed by atoms with Crippen LogP contribution < -0.4 is 16.0 Å². The first-order valence-corrected chi connectivity index (χ1v) is 12.2. The molecule has 0 atom stereocenters. The Bertz CT molecular complexity index is 1120. The third-order valence-electron chi connectivity index (χ3n) is 5.80. The number of hydrogen-bond acceptors (Lipinski definition) is 3. The summed E-state index contributed by atoms with van der Waals surface area (Å²) in [6, 6.07) is 31.7. The van der Waals surface area contributed by atoms with Crippen LogP contribution in [0.15, 0.2) is 129 Å². The lowest BCUT2D eigenvalue weighted by atomic mass is 10.1. The van der Waals surface area contributed by atoms with Gasteiger partial charge in [-0.3, -0.25) is 0 Å². The monoisotopic (exact) mass is 471 g/mol. The summed E-state index contributed by atoms with van der Waals surface area (Å²) < 4.78 is 0. The van der Waals surface area contributed by atoms with Crippen molar-refractivity contribution < 1.29 is 0 Å². The molecule has 0 aromatic heterocycles. The van der Waals surface area contributed by atoms with Gasteiger partial charge < -0.3 is 16.0 Å². The van der Waals surface area contributed by atoms with Crippen molar-refractivity contribution in [1.82, 2.24) is 0 Å². The molecule has 0 radical (unpaired) electrons. The number of allylic oxidation sites excluding steroid dienone is 3. The van der Waals surface area contributed by atoms with E-state index in [1.54, 1.807) is 0 Å². The molecule has 4 aromatic carbocycles. The maximum absolute atomic E-state index is 3.82. The molecule has 3 N–H and O–H groups in total. The van der Waals surface area contributed by atoms with Gasteiger partial charge in [-0.25, -0.2) is 0 Å². The second-order valence-electron chi connectivity index (χ2n) is 8.74. The van der Waals surface area contributed by atoms with E-state index in [2.05, 4.69) is 127 Å². The zero-order valence-electron chi connectivity index (χ0n) is 20.6. The molecule has 0 aliphatic rings. The third kappa shape index (κ3) is 7.00. The highest BCUT2D eigenvalue weighted by Gasteiger charge is 2.05. The van der Waals surface area contributed by atoms with Gasteiger partial charge in [-0.05, 0) is 90.6 Å². The highest BCUT2D eigenvalue weighted by molar-refractivity contribution is 5.76. The van der Waals surface area contributed by atoms with Crippen molar-refractivity contribution >= 4 is 34.1 Å². The van der Waals surface area contributed by atoms with Crippen molar-refractivity contribution in [2.45, 2.75) is 19.3 Å². The summed E-state index contributed by atoms with van der Waals surface area (Å²) in [6.07, 6.45) is 8.36. The zero-order chi connectivity index (χ0) is 25.2. The molecular formula is C33H33N3. The van der Waals surface area contributed by atoms with Crippen LogP contribution in [0.25, 0.3) is 0 Å². The Morgan fingerprint density at radius 1 is 0.389 bits per heavy atom. The second-order valence-corrected chi connectivity index (χ2v) is 8.74. The van der Waals surface area contributed by atoms with Crippen molar-refractivity contribution in [3.63, 3.8) is 0 Å². The Morgan fingerprint density at radius 3 is 0.861 bits per heavy atom. The average Bonchev–Trinajstić information content (AvgIpc) is 2.88. The first-order valence-electron chi connectivity index (χ1n) is 12.2. The molecule has 180 valence electrons. The SMILES string of the molecule is C=CCc1ccc(Nc2cc(Nc3ccc(CC=C)cc3)cc(Nc3ccc(CC=C)cc3)c2)cc1. The predicted octanol–water partition coefficient (Wildman–Crippen LogP) is 9.10. The molecule has 0 saturated carbocycles. The van der Waals surface area contributed by atoms with E-state index in [1.807, 2.05) is 18.2 Å². The van der Waals surface area contributed by atoms with Crippen molar-refractivity contribution in [2.24, 2.45) is 0 Å². The Morgan fingerprint density at radius 2 is 0.639 bits per heavy atom. The maximum atomic E-state index is 3.82. The summed E-state index contributed by atoms with van der Waals surface area (Å²) >= 11 is 0. The van der Waals surface area contributed by atoms with E-state index in [0.717, 1.165) is 53.4 Å². The van der Waals surface area contributed by atoms with E-state index in [1.165, 1.54) is 16.7 Å². The Kier molecular flexibility index (Phi) is 8.39. The minimum atomic E-state index is 0.866. The molecule has 36 heavy (non-hydrogen) atoms. The topological polar surface area (TPSA) is 36.1 Å². The van der Waals surface area contributed by atoms with Gasteiger partial charge in [0.15, 0.2) is 0 Å². The fourth-order valence-electron chi connectivity index (χ4n) is 4.02. The smallest absolute Gasteiger partial charge is 0.0425 e. The lowest BCUT2D eigenvalue weighted by Gasteiger charge is -2.15. The number of anilines is 6. The first kappa shape index (κ1) is 24.6. The molecular weight excluding hydrogens is 438 g/mol. The van der Waals surface area contributed by atoms with Crippen LogP contribution in [0.3, 0.4) is 0 Å². The molecule has 0 amide bonds. The molecule has 0 fully saturated rings. The number of benzene rings is 4. The van der Waals surface area contributed by atoms with Crippen molar-refractivity contribution in [2.75, 3.05) is 16.0 Å². The zero-order valence-corrected chi connectivity index (χ0v) is 20.6. The van der Waals surface area contributed by atoms with Crippen molar-refractivity contribution in [3.05, 3.63) is 146 Å². The van der Waals surface area contributed by atoms with E-state index in [0.29, 0.717) is 0 Å². The molecule has 4 aromatic rings.